The summed E-state index contributed by atoms with van der Waals surface area (Å²) in [5.74, 6) is 1.67. The summed E-state index contributed by atoms with van der Waals surface area (Å²) in [5.41, 5.74) is 0.719. The van der Waals surface area contributed by atoms with E-state index in [1.807, 2.05) is 19.9 Å². The third-order valence-electron chi connectivity index (χ3n) is 5.06. The Hall–Kier alpha value is -2.90. The van der Waals surface area contributed by atoms with E-state index < -0.39 is 10.0 Å². The van der Waals surface area contributed by atoms with E-state index >= 15 is 0 Å². The van der Waals surface area contributed by atoms with E-state index in [1.165, 1.54) is 23.5 Å². The SMILES string of the molecule is CCc1nnc(NS(=O)(=O)c2ccc(NC(=S)N3CCN(c4ccnc(C)n4)CC3)cc2)s1. The molecule has 1 fully saturated rings. The Labute approximate surface area is 202 Å². The van der Waals surface area contributed by atoms with Gasteiger partial charge in [0, 0.05) is 38.1 Å². The summed E-state index contributed by atoms with van der Waals surface area (Å²) in [4.78, 5) is 13.1. The van der Waals surface area contributed by atoms with Gasteiger partial charge in [0.05, 0.1) is 4.90 Å². The lowest BCUT2D eigenvalue weighted by atomic mass is 10.3. The molecule has 0 amide bonds. The van der Waals surface area contributed by atoms with Gasteiger partial charge in [0.25, 0.3) is 10.0 Å². The number of nitrogens with zero attached hydrogens (tertiary/aromatic N) is 6. The number of piperazine rings is 1. The van der Waals surface area contributed by atoms with E-state index in [4.69, 9.17) is 12.2 Å². The average Bonchev–Trinajstić information content (AvgIpc) is 3.26. The summed E-state index contributed by atoms with van der Waals surface area (Å²) in [6.45, 7) is 6.93. The Balaban J connectivity index is 1.32. The molecule has 0 bridgehead atoms. The van der Waals surface area contributed by atoms with Gasteiger partial charge in [0.15, 0.2) is 5.11 Å². The maximum Gasteiger partial charge on any atom is 0.263 e. The van der Waals surface area contributed by atoms with E-state index in [1.54, 1.807) is 18.3 Å². The van der Waals surface area contributed by atoms with Crippen LogP contribution in [0.2, 0.25) is 0 Å². The van der Waals surface area contributed by atoms with Gasteiger partial charge in [-0.15, -0.1) is 10.2 Å². The van der Waals surface area contributed by atoms with Crippen molar-refractivity contribution in [2.24, 2.45) is 0 Å². The number of rotatable bonds is 6. The van der Waals surface area contributed by atoms with Gasteiger partial charge in [-0.2, -0.15) is 0 Å². The van der Waals surface area contributed by atoms with Crippen molar-refractivity contribution in [2.75, 3.05) is 41.1 Å². The molecule has 4 rings (SSSR count). The highest BCUT2D eigenvalue weighted by molar-refractivity contribution is 7.93. The quantitative estimate of drug-likeness (QED) is 0.485. The van der Waals surface area contributed by atoms with Crippen LogP contribution in [0.5, 0.6) is 0 Å². The summed E-state index contributed by atoms with van der Waals surface area (Å²) < 4.78 is 27.7. The Kier molecular flexibility index (Phi) is 7.00. The van der Waals surface area contributed by atoms with Crippen LogP contribution in [0.25, 0.3) is 0 Å². The fraction of sp³-hybridized carbons (Fsp3) is 0.350. The first-order chi connectivity index (χ1) is 15.8. The molecule has 2 N–H and O–H groups in total. The monoisotopic (exact) mass is 504 g/mol. The second-order valence-corrected chi connectivity index (χ2v) is 10.5. The number of hydrogen-bond donors (Lipinski definition) is 2. The first-order valence-electron chi connectivity index (χ1n) is 10.4. The van der Waals surface area contributed by atoms with Crippen LogP contribution in [-0.2, 0) is 16.4 Å². The molecule has 0 radical (unpaired) electrons. The lowest BCUT2D eigenvalue weighted by Gasteiger charge is -2.36. The van der Waals surface area contributed by atoms with Crippen LogP contribution in [0.4, 0.5) is 16.6 Å². The minimum absolute atomic E-state index is 0.140. The van der Waals surface area contributed by atoms with Crippen LogP contribution in [0.15, 0.2) is 41.4 Å². The molecule has 3 heterocycles. The van der Waals surface area contributed by atoms with Gasteiger partial charge in [0.1, 0.15) is 16.6 Å². The lowest BCUT2D eigenvalue weighted by molar-refractivity contribution is 0.389. The predicted molar refractivity (Wildman–Crippen MR) is 133 cm³/mol. The normalized spacial score (nSPS) is 14.2. The van der Waals surface area contributed by atoms with Gasteiger partial charge in [-0.05, 0) is 55.9 Å². The maximum atomic E-state index is 12.6. The molecule has 13 heteroatoms. The topological polar surface area (TPSA) is 116 Å². The summed E-state index contributed by atoms with van der Waals surface area (Å²) in [5, 5.41) is 12.6. The fourth-order valence-corrected chi connectivity index (χ4v) is 5.50. The molecule has 2 aromatic heterocycles. The van der Waals surface area contributed by atoms with E-state index in [0.717, 1.165) is 48.5 Å². The molecule has 174 valence electrons. The molecule has 3 aromatic rings. The van der Waals surface area contributed by atoms with Crippen molar-refractivity contribution in [2.45, 2.75) is 25.2 Å². The molecular formula is C20H24N8O2S3. The van der Waals surface area contributed by atoms with Crippen LogP contribution in [0, 0.1) is 6.92 Å². The van der Waals surface area contributed by atoms with Gasteiger partial charge >= 0.3 is 0 Å². The largest absolute Gasteiger partial charge is 0.353 e. The minimum atomic E-state index is -3.74. The highest BCUT2D eigenvalue weighted by Gasteiger charge is 2.21. The maximum absolute atomic E-state index is 12.6. The van der Waals surface area contributed by atoms with Crippen LogP contribution < -0.4 is 14.9 Å². The Morgan fingerprint density at radius 3 is 2.48 bits per heavy atom. The third-order valence-corrected chi connectivity index (χ3v) is 7.89. The first kappa shape index (κ1) is 23.3. The molecule has 0 atom stereocenters. The number of benzene rings is 1. The molecule has 1 saturated heterocycles. The zero-order valence-corrected chi connectivity index (χ0v) is 20.7. The summed E-state index contributed by atoms with van der Waals surface area (Å²) >= 11 is 6.79. The Bertz CT molecular complexity index is 1220. The molecule has 1 aliphatic heterocycles. The molecule has 0 spiro atoms. The third kappa shape index (κ3) is 5.72. The number of hydrogen-bond acceptors (Lipinski definition) is 9. The average molecular weight is 505 g/mol. The second-order valence-electron chi connectivity index (χ2n) is 7.35. The van der Waals surface area contributed by atoms with Gasteiger partial charge in [-0.1, -0.05) is 18.3 Å². The van der Waals surface area contributed by atoms with Gasteiger partial charge in [0.2, 0.25) is 5.13 Å². The number of thiocarbonyl (C=S) groups is 1. The number of nitrogens with one attached hydrogen (secondary N) is 2. The minimum Gasteiger partial charge on any atom is -0.353 e. The molecule has 10 nitrogen and oxygen atoms in total. The highest BCUT2D eigenvalue weighted by atomic mass is 32.2. The van der Waals surface area contributed by atoms with Crippen LogP contribution in [-0.4, -0.2) is 64.8 Å². The van der Waals surface area contributed by atoms with Gasteiger partial charge in [-0.3, -0.25) is 4.72 Å². The molecule has 33 heavy (non-hydrogen) atoms. The lowest BCUT2D eigenvalue weighted by Crippen LogP contribution is -2.50. The van der Waals surface area contributed by atoms with Crippen molar-refractivity contribution in [1.29, 1.82) is 0 Å². The smallest absolute Gasteiger partial charge is 0.263 e. The predicted octanol–water partition coefficient (Wildman–Crippen LogP) is 2.52. The first-order valence-corrected chi connectivity index (χ1v) is 13.1. The summed E-state index contributed by atoms with van der Waals surface area (Å²) in [7, 11) is -3.74. The number of aromatic nitrogens is 4. The van der Waals surface area contributed by atoms with Gasteiger partial charge < -0.3 is 15.1 Å². The molecule has 1 aromatic carbocycles. The molecular weight excluding hydrogens is 480 g/mol. The van der Waals surface area contributed by atoms with Crippen molar-refractivity contribution >= 4 is 55.3 Å². The van der Waals surface area contributed by atoms with Crippen molar-refractivity contribution in [3.8, 4) is 0 Å². The molecule has 0 unspecified atom stereocenters. The Morgan fingerprint density at radius 2 is 1.85 bits per heavy atom. The van der Waals surface area contributed by atoms with Crippen molar-refractivity contribution in [3.63, 3.8) is 0 Å². The van der Waals surface area contributed by atoms with E-state index in [0.29, 0.717) is 11.5 Å². The van der Waals surface area contributed by atoms with E-state index in [9.17, 15) is 8.42 Å². The number of aryl methyl sites for hydroxylation is 2. The zero-order valence-electron chi connectivity index (χ0n) is 18.2. The van der Waals surface area contributed by atoms with Crippen molar-refractivity contribution < 1.29 is 8.42 Å². The summed E-state index contributed by atoms with van der Waals surface area (Å²) in [6, 6.07) is 8.36. The molecule has 1 aliphatic rings. The number of sulfonamides is 1. The van der Waals surface area contributed by atoms with Crippen molar-refractivity contribution in [1.82, 2.24) is 25.1 Å². The molecule has 0 saturated carbocycles. The van der Waals surface area contributed by atoms with E-state index in [-0.39, 0.29) is 10.0 Å². The van der Waals surface area contributed by atoms with E-state index in [2.05, 4.69) is 40.0 Å². The van der Waals surface area contributed by atoms with Crippen LogP contribution in [0.1, 0.15) is 17.8 Å². The second kappa shape index (κ2) is 9.93. The Morgan fingerprint density at radius 1 is 1.12 bits per heavy atom. The fourth-order valence-electron chi connectivity index (χ4n) is 3.29. The van der Waals surface area contributed by atoms with Crippen LogP contribution in [0.3, 0.4) is 0 Å². The van der Waals surface area contributed by atoms with Gasteiger partial charge in [-0.25, -0.2) is 18.4 Å². The van der Waals surface area contributed by atoms with Crippen molar-refractivity contribution in [3.05, 3.63) is 47.4 Å². The number of anilines is 3. The van der Waals surface area contributed by atoms with Crippen LogP contribution >= 0.6 is 23.6 Å². The molecule has 0 aliphatic carbocycles. The highest BCUT2D eigenvalue weighted by Crippen LogP contribution is 2.22. The summed E-state index contributed by atoms with van der Waals surface area (Å²) in [6.07, 6.45) is 2.47. The zero-order chi connectivity index (χ0) is 23.4. The standard InChI is InChI=1S/C20H24N8O2S3/c1-3-18-24-25-19(32-18)26-33(29,30)16-6-4-15(5-7-16)23-20(31)28-12-10-27(11-13-28)17-8-9-21-14(2)22-17/h4-9H,3,10-13H2,1-2H3,(H,23,31)(H,25,26).